The minimum absolute atomic E-state index is 0.305. The third-order valence-corrected chi connectivity index (χ3v) is 3.70. The fourth-order valence-corrected chi connectivity index (χ4v) is 2.56. The van der Waals surface area contributed by atoms with E-state index in [1.807, 2.05) is 19.9 Å². The number of aromatic carboxylic acids is 1. The summed E-state index contributed by atoms with van der Waals surface area (Å²) >= 11 is 5.76. The van der Waals surface area contributed by atoms with E-state index in [1.165, 1.54) is 6.07 Å². The summed E-state index contributed by atoms with van der Waals surface area (Å²) < 4.78 is 14.3. The molecule has 2 aromatic carbocycles. The monoisotopic (exact) mass is 345 g/mol. The summed E-state index contributed by atoms with van der Waals surface area (Å²) in [7, 11) is 0. The molecule has 0 amide bonds. The van der Waals surface area contributed by atoms with Crippen LogP contribution in [-0.2, 0) is 6.42 Å². The molecule has 0 aliphatic heterocycles. The lowest BCUT2D eigenvalue weighted by Gasteiger charge is -2.10. The van der Waals surface area contributed by atoms with Gasteiger partial charge in [0, 0.05) is 11.6 Å². The van der Waals surface area contributed by atoms with Crippen molar-refractivity contribution in [2.45, 2.75) is 20.3 Å². The zero-order valence-corrected chi connectivity index (χ0v) is 14.1. The average molecular weight is 346 g/mol. The van der Waals surface area contributed by atoms with Gasteiger partial charge in [0.15, 0.2) is 0 Å². The van der Waals surface area contributed by atoms with Crippen LogP contribution in [0, 0.1) is 5.82 Å². The summed E-state index contributed by atoms with van der Waals surface area (Å²) in [5, 5.41) is 10.6. The van der Waals surface area contributed by atoms with E-state index in [0.717, 1.165) is 11.1 Å². The number of carboxylic acids is 1. The molecule has 124 valence electrons. The van der Waals surface area contributed by atoms with E-state index < -0.39 is 11.8 Å². The van der Waals surface area contributed by atoms with Gasteiger partial charge in [-0.15, -0.1) is 0 Å². The third kappa shape index (κ3) is 3.71. The first-order chi connectivity index (χ1) is 11.6. The molecule has 3 aromatic rings. The molecule has 0 bridgehead atoms. The largest absolute Gasteiger partial charge is 0.478 e. The van der Waals surface area contributed by atoms with Gasteiger partial charge in [-0.1, -0.05) is 55.8 Å². The smallest absolute Gasteiger partial charge is 0.338 e. The van der Waals surface area contributed by atoms with Crippen molar-refractivity contribution in [2.24, 2.45) is 0 Å². The number of rotatable bonds is 3. The van der Waals surface area contributed by atoms with Gasteiger partial charge in [-0.3, -0.25) is 0 Å². The van der Waals surface area contributed by atoms with Gasteiger partial charge in [0.2, 0.25) is 0 Å². The number of benzene rings is 2. The second kappa shape index (κ2) is 7.88. The number of nitrogens with zero attached hydrogens (tertiary/aromatic N) is 1. The van der Waals surface area contributed by atoms with Crippen molar-refractivity contribution in [1.29, 1.82) is 0 Å². The summed E-state index contributed by atoms with van der Waals surface area (Å²) in [6, 6.07) is 11.7. The van der Waals surface area contributed by atoms with Crippen molar-refractivity contribution in [3.63, 3.8) is 0 Å². The molecular weight excluding hydrogens is 329 g/mol. The highest BCUT2D eigenvalue weighted by molar-refractivity contribution is 6.29. The Morgan fingerprint density at radius 2 is 1.83 bits per heavy atom. The lowest BCUT2D eigenvalue weighted by Crippen LogP contribution is -2.04. The second-order valence-electron chi connectivity index (χ2n) is 4.91. The highest BCUT2D eigenvalue weighted by atomic mass is 35.5. The number of pyridine rings is 1. The van der Waals surface area contributed by atoms with Crippen LogP contribution in [0.1, 0.15) is 35.3 Å². The number of hydrogen-bond acceptors (Lipinski definition) is 2. The van der Waals surface area contributed by atoms with Crippen LogP contribution < -0.4 is 0 Å². The molecule has 0 aliphatic carbocycles. The molecule has 1 heterocycles. The number of carbonyl (C=O) groups is 1. The fraction of sp³-hybridized carbons (Fsp3) is 0.158. The lowest BCUT2D eigenvalue weighted by atomic mass is 9.96. The summed E-state index contributed by atoms with van der Waals surface area (Å²) in [5.74, 6) is -1.99. The molecule has 5 heteroatoms. The van der Waals surface area contributed by atoms with Gasteiger partial charge in [0.05, 0.1) is 5.56 Å². The normalized spacial score (nSPS) is 10.2. The summed E-state index contributed by atoms with van der Waals surface area (Å²) in [5.41, 5.74) is 1.28. The van der Waals surface area contributed by atoms with Crippen LogP contribution in [0.3, 0.4) is 0 Å². The number of aromatic nitrogens is 1. The van der Waals surface area contributed by atoms with Gasteiger partial charge < -0.3 is 5.11 Å². The van der Waals surface area contributed by atoms with Crippen molar-refractivity contribution >= 4 is 28.3 Å². The fourth-order valence-electron chi connectivity index (χ4n) is 2.45. The molecule has 0 unspecified atom stereocenters. The average Bonchev–Trinajstić information content (AvgIpc) is 2.61. The Morgan fingerprint density at radius 1 is 1.17 bits per heavy atom. The number of carboxylic acid groups (broad SMARTS) is 1. The molecule has 1 aromatic heterocycles. The van der Waals surface area contributed by atoms with E-state index >= 15 is 0 Å². The number of fused-ring (bicyclic) bond motifs is 1. The standard InChI is InChI=1S/C17H11ClFNO2.C2H6/c18-15-6-5-10(9-20-15)7-11-8-14(17(21)22)16(19)13-4-2-1-3-12(11)13;1-2/h1-6,8-9H,7H2,(H,21,22);1-2H3. The second-order valence-corrected chi connectivity index (χ2v) is 5.30. The van der Waals surface area contributed by atoms with E-state index in [2.05, 4.69) is 4.98 Å². The maximum Gasteiger partial charge on any atom is 0.338 e. The molecule has 0 radical (unpaired) electrons. The molecular formula is C19H17ClFNO2. The first kappa shape index (κ1) is 17.9. The Morgan fingerprint density at radius 3 is 2.42 bits per heavy atom. The van der Waals surface area contributed by atoms with Crippen molar-refractivity contribution in [3.05, 3.63) is 76.3 Å². The predicted octanol–water partition coefficient (Wildman–Crippen LogP) is 5.34. The maximum absolute atomic E-state index is 14.3. The molecule has 0 atom stereocenters. The zero-order chi connectivity index (χ0) is 17.7. The SMILES string of the molecule is CC.O=C(O)c1cc(Cc2ccc(Cl)nc2)c2ccccc2c1F. The first-order valence-electron chi connectivity index (χ1n) is 7.60. The summed E-state index contributed by atoms with van der Waals surface area (Å²) in [6.07, 6.45) is 2.08. The van der Waals surface area contributed by atoms with Gasteiger partial charge in [0.25, 0.3) is 0 Å². The molecule has 0 aliphatic rings. The van der Waals surface area contributed by atoms with Crippen LogP contribution in [0.5, 0.6) is 0 Å². The Balaban J connectivity index is 0.00000100. The highest BCUT2D eigenvalue weighted by Crippen LogP contribution is 2.27. The Labute approximate surface area is 144 Å². The first-order valence-corrected chi connectivity index (χ1v) is 7.98. The van der Waals surface area contributed by atoms with Crippen LogP contribution in [-0.4, -0.2) is 16.1 Å². The molecule has 24 heavy (non-hydrogen) atoms. The zero-order valence-electron chi connectivity index (χ0n) is 13.4. The number of halogens is 2. The minimum atomic E-state index is -1.28. The van der Waals surface area contributed by atoms with Gasteiger partial charge in [-0.05, 0) is 35.1 Å². The molecule has 1 N–H and O–H groups in total. The molecule has 0 spiro atoms. The van der Waals surface area contributed by atoms with Crippen molar-refractivity contribution < 1.29 is 14.3 Å². The number of hydrogen-bond donors (Lipinski definition) is 1. The Kier molecular flexibility index (Phi) is 5.88. The summed E-state index contributed by atoms with van der Waals surface area (Å²) in [4.78, 5) is 15.3. The maximum atomic E-state index is 14.3. The van der Waals surface area contributed by atoms with Crippen molar-refractivity contribution in [3.8, 4) is 0 Å². The third-order valence-electron chi connectivity index (χ3n) is 3.48. The predicted molar refractivity (Wildman–Crippen MR) is 94.3 cm³/mol. The van der Waals surface area contributed by atoms with Gasteiger partial charge in [0.1, 0.15) is 11.0 Å². The molecule has 3 nitrogen and oxygen atoms in total. The van der Waals surface area contributed by atoms with E-state index in [4.69, 9.17) is 11.6 Å². The quantitative estimate of drug-likeness (QED) is 0.651. The Bertz CT molecular complexity index is 863. The van der Waals surface area contributed by atoms with E-state index in [9.17, 15) is 14.3 Å². The van der Waals surface area contributed by atoms with Crippen LogP contribution in [0.25, 0.3) is 10.8 Å². The molecule has 0 fully saturated rings. The summed E-state index contributed by atoms with van der Waals surface area (Å²) in [6.45, 7) is 4.00. The van der Waals surface area contributed by atoms with Crippen LogP contribution >= 0.6 is 11.6 Å². The van der Waals surface area contributed by atoms with Gasteiger partial charge in [-0.2, -0.15) is 0 Å². The van der Waals surface area contributed by atoms with Gasteiger partial charge >= 0.3 is 5.97 Å². The lowest BCUT2D eigenvalue weighted by molar-refractivity contribution is 0.0692. The van der Waals surface area contributed by atoms with E-state index in [0.29, 0.717) is 22.3 Å². The molecule has 0 saturated heterocycles. The van der Waals surface area contributed by atoms with Crippen molar-refractivity contribution in [1.82, 2.24) is 4.98 Å². The van der Waals surface area contributed by atoms with Crippen LogP contribution in [0.2, 0.25) is 5.15 Å². The van der Waals surface area contributed by atoms with Gasteiger partial charge in [-0.25, -0.2) is 14.2 Å². The van der Waals surface area contributed by atoms with Crippen LogP contribution in [0.4, 0.5) is 4.39 Å². The topological polar surface area (TPSA) is 50.2 Å². The van der Waals surface area contributed by atoms with Crippen molar-refractivity contribution in [2.75, 3.05) is 0 Å². The van der Waals surface area contributed by atoms with Crippen LogP contribution in [0.15, 0.2) is 48.7 Å². The molecule has 3 rings (SSSR count). The molecule has 0 saturated carbocycles. The Hall–Kier alpha value is -2.46. The van der Waals surface area contributed by atoms with E-state index in [-0.39, 0.29) is 5.56 Å². The highest BCUT2D eigenvalue weighted by Gasteiger charge is 2.16. The van der Waals surface area contributed by atoms with E-state index in [1.54, 1.807) is 36.5 Å². The minimum Gasteiger partial charge on any atom is -0.478 e.